The lowest BCUT2D eigenvalue weighted by Gasteiger charge is -2.27. The normalized spacial score (nSPS) is 22.4. The zero-order chi connectivity index (χ0) is 16.7. The summed E-state index contributed by atoms with van der Waals surface area (Å²) >= 11 is 0. The van der Waals surface area contributed by atoms with Gasteiger partial charge in [-0.2, -0.15) is 0 Å². The molecule has 0 amide bonds. The van der Waals surface area contributed by atoms with Crippen LogP contribution in [0.2, 0.25) is 0 Å². The third-order valence-electron chi connectivity index (χ3n) is 4.27. The van der Waals surface area contributed by atoms with Crippen molar-refractivity contribution in [2.45, 2.75) is 50.8 Å². The van der Waals surface area contributed by atoms with Gasteiger partial charge in [-0.25, -0.2) is 0 Å². The Morgan fingerprint density at radius 1 is 1.04 bits per heavy atom. The molecule has 0 saturated heterocycles. The van der Waals surface area contributed by atoms with Gasteiger partial charge in [-0.15, -0.1) is 13.2 Å². The molecule has 2 rings (SSSR count). The number of rotatable bonds is 6. The summed E-state index contributed by atoms with van der Waals surface area (Å²) in [7, 11) is 0. The third kappa shape index (κ3) is 6.24. The summed E-state index contributed by atoms with van der Waals surface area (Å²) in [4.78, 5) is 0. The maximum atomic E-state index is 12.1. The van der Waals surface area contributed by atoms with Crippen LogP contribution in [-0.2, 0) is 0 Å². The second-order valence-corrected chi connectivity index (χ2v) is 5.99. The van der Waals surface area contributed by atoms with Gasteiger partial charge in [0.2, 0.25) is 0 Å². The van der Waals surface area contributed by atoms with Crippen molar-refractivity contribution in [2.75, 3.05) is 6.67 Å². The van der Waals surface area contributed by atoms with E-state index in [0.717, 1.165) is 37.7 Å². The van der Waals surface area contributed by atoms with Crippen molar-refractivity contribution in [1.82, 2.24) is 0 Å². The summed E-state index contributed by atoms with van der Waals surface area (Å²) in [6.07, 6.45) is 5.16. The molecule has 0 spiro atoms. The maximum Gasteiger partial charge on any atom is 0.573 e. The van der Waals surface area contributed by atoms with Crippen LogP contribution in [0.5, 0.6) is 5.75 Å². The third-order valence-corrected chi connectivity index (χ3v) is 4.27. The molecule has 0 unspecified atom stereocenters. The smallest absolute Gasteiger partial charge is 0.406 e. The first-order valence-corrected chi connectivity index (χ1v) is 8.06. The topological polar surface area (TPSA) is 9.23 Å². The Hall–Kier alpha value is -1.52. The number of alkyl halides is 4. The quantitative estimate of drug-likeness (QED) is 0.344. The molecule has 0 atom stereocenters. The molecular weight excluding hydrogens is 308 g/mol. The van der Waals surface area contributed by atoms with Gasteiger partial charge in [-0.05, 0) is 68.1 Å². The van der Waals surface area contributed by atoms with Crippen LogP contribution in [0.4, 0.5) is 17.6 Å². The highest BCUT2D eigenvalue weighted by molar-refractivity contribution is 5.30. The summed E-state index contributed by atoms with van der Waals surface area (Å²) in [5, 5.41) is 0. The molecule has 128 valence electrons. The average Bonchev–Trinajstić information content (AvgIpc) is 2.52. The lowest BCUT2D eigenvalue weighted by Crippen LogP contribution is -2.17. The maximum absolute atomic E-state index is 12.1. The second kappa shape index (κ2) is 8.37. The molecule has 1 aliphatic rings. The highest BCUT2D eigenvalue weighted by Crippen LogP contribution is 2.37. The number of benzene rings is 1. The fourth-order valence-corrected chi connectivity index (χ4v) is 3.07. The largest absolute Gasteiger partial charge is 0.573 e. The molecular formula is C18H22F4O. The van der Waals surface area contributed by atoms with Gasteiger partial charge < -0.3 is 4.74 Å². The molecule has 1 aromatic carbocycles. The first kappa shape index (κ1) is 17.8. The number of allylic oxidation sites excluding steroid dienone is 2. The minimum atomic E-state index is -4.64. The second-order valence-electron chi connectivity index (χ2n) is 5.99. The van der Waals surface area contributed by atoms with E-state index in [1.54, 1.807) is 12.1 Å². The molecule has 1 saturated carbocycles. The Bertz CT molecular complexity index is 485. The van der Waals surface area contributed by atoms with Crippen molar-refractivity contribution in [3.05, 3.63) is 42.0 Å². The SMILES string of the molecule is FCCC/C=C/C1CCC(c2ccc(OC(F)(F)F)cc2)CC1. The Balaban J connectivity index is 1.82. The van der Waals surface area contributed by atoms with Crippen LogP contribution in [0.1, 0.15) is 50.0 Å². The van der Waals surface area contributed by atoms with Gasteiger partial charge in [0.05, 0.1) is 6.67 Å². The van der Waals surface area contributed by atoms with Crippen molar-refractivity contribution >= 4 is 0 Å². The Morgan fingerprint density at radius 3 is 2.26 bits per heavy atom. The van der Waals surface area contributed by atoms with E-state index in [1.807, 2.05) is 0 Å². The number of halogens is 4. The standard InChI is InChI=1S/C18H22F4O/c19-13-3-1-2-4-14-5-7-15(8-6-14)16-9-11-17(12-10-16)23-18(20,21)22/h2,4,9-12,14-15H,1,3,5-8,13H2/b4-2+. The molecule has 23 heavy (non-hydrogen) atoms. The van der Waals surface area contributed by atoms with Gasteiger partial charge in [0.25, 0.3) is 0 Å². The number of unbranched alkanes of at least 4 members (excludes halogenated alkanes) is 1. The number of ether oxygens (including phenoxy) is 1. The first-order chi connectivity index (χ1) is 11.0. The molecule has 1 aliphatic carbocycles. The van der Waals surface area contributed by atoms with E-state index < -0.39 is 6.36 Å². The number of hydrogen-bond acceptors (Lipinski definition) is 1. The van der Waals surface area contributed by atoms with Crippen LogP contribution < -0.4 is 4.74 Å². The van der Waals surface area contributed by atoms with Gasteiger partial charge in [0.15, 0.2) is 0 Å². The zero-order valence-corrected chi connectivity index (χ0v) is 13.0. The van der Waals surface area contributed by atoms with Crippen LogP contribution >= 0.6 is 0 Å². The molecule has 0 bridgehead atoms. The Labute approximate surface area is 134 Å². The number of hydrogen-bond donors (Lipinski definition) is 0. The van der Waals surface area contributed by atoms with Crippen molar-refractivity contribution in [2.24, 2.45) is 5.92 Å². The van der Waals surface area contributed by atoms with E-state index in [4.69, 9.17) is 0 Å². The van der Waals surface area contributed by atoms with Gasteiger partial charge in [0.1, 0.15) is 5.75 Å². The molecule has 1 aromatic rings. The van der Waals surface area contributed by atoms with Gasteiger partial charge in [-0.1, -0.05) is 24.3 Å². The van der Waals surface area contributed by atoms with Crippen molar-refractivity contribution < 1.29 is 22.3 Å². The van der Waals surface area contributed by atoms with Gasteiger partial charge in [-0.3, -0.25) is 4.39 Å². The molecule has 1 fully saturated rings. The van der Waals surface area contributed by atoms with E-state index in [-0.39, 0.29) is 12.4 Å². The van der Waals surface area contributed by atoms with E-state index in [1.165, 1.54) is 12.1 Å². The van der Waals surface area contributed by atoms with Crippen LogP contribution in [0, 0.1) is 5.92 Å². The predicted octanol–water partition coefficient (Wildman–Crippen LogP) is 6.16. The minimum absolute atomic E-state index is 0.175. The monoisotopic (exact) mass is 330 g/mol. The summed E-state index contributed by atoms with van der Waals surface area (Å²) in [6, 6.07) is 6.21. The van der Waals surface area contributed by atoms with Crippen molar-refractivity contribution in [3.63, 3.8) is 0 Å². The Morgan fingerprint density at radius 2 is 1.70 bits per heavy atom. The average molecular weight is 330 g/mol. The highest BCUT2D eigenvalue weighted by atomic mass is 19.4. The van der Waals surface area contributed by atoms with Gasteiger partial charge >= 0.3 is 6.36 Å². The molecule has 5 heteroatoms. The molecule has 0 aromatic heterocycles. The first-order valence-electron chi connectivity index (χ1n) is 8.06. The zero-order valence-electron chi connectivity index (χ0n) is 13.0. The van der Waals surface area contributed by atoms with E-state index in [0.29, 0.717) is 18.3 Å². The summed E-state index contributed by atoms with van der Waals surface area (Å²) in [5.41, 5.74) is 1.07. The lowest BCUT2D eigenvalue weighted by molar-refractivity contribution is -0.274. The summed E-state index contributed by atoms with van der Waals surface area (Å²) in [5.74, 6) is 0.759. The molecule has 0 radical (unpaired) electrons. The van der Waals surface area contributed by atoms with E-state index in [9.17, 15) is 17.6 Å². The fourth-order valence-electron chi connectivity index (χ4n) is 3.07. The van der Waals surface area contributed by atoms with Crippen LogP contribution in [0.3, 0.4) is 0 Å². The van der Waals surface area contributed by atoms with Crippen LogP contribution in [0.15, 0.2) is 36.4 Å². The molecule has 0 N–H and O–H groups in total. The minimum Gasteiger partial charge on any atom is -0.406 e. The summed E-state index contributed by atoms with van der Waals surface area (Å²) in [6.45, 7) is -0.273. The Kier molecular flexibility index (Phi) is 6.48. The van der Waals surface area contributed by atoms with E-state index >= 15 is 0 Å². The van der Waals surface area contributed by atoms with Crippen molar-refractivity contribution in [1.29, 1.82) is 0 Å². The van der Waals surface area contributed by atoms with Crippen LogP contribution in [0.25, 0.3) is 0 Å². The van der Waals surface area contributed by atoms with Gasteiger partial charge in [0, 0.05) is 0 Å². The highest BCUT2D eigenvalue weighted by Gasteiger charge is 2.31. The fraction of sp³-hybridized carbons (Fsp3) is 0.556. The lowest BCUT2D eigenvalue weighted by atomic mass is 9.78. The molecule has 1 nitrogen and oxygen atoms in total. The summed E-state index contributed by atoms with van der Waals surface area (Å²) < 4.78 is 52.3. The van der Waals surface area contributed by atoms with Crippen LogP contribution in [-0.4, -0.2) is 13.0 Å². The molecule has 0 aliphatic heterocycles. The predicted molar refractivity (Wildman–Crippen MR) is 82.2 cm³/mol. The van der Waals surface area contributed by atoms with E-state index in [2.05, 4.69) is 16.9 Å². The van der Waals surface area contributed by atoms with Crippen molar-refractivity contribution in [3.8, 4) is 5.75 Å². The molecule has 0 heterocycles.